The van der Waals surface area contributed by atoms with Crippen LogP contribution in [-0.4, -0.2) is 21.9 Å². The van der Waals surface area contributed by atoms with E-state index in [0.29, 0.717) is 0 Å². The molecule has 2 atom stereocenters. The number of sulfonamides is 1. The fraction of sp³-hybridized carbons (Fsp3) is 0.294. The molecule has 0 aromatic heterocycles. The first-order chi connectivity index (χ1) is 11.2. The van der Waals surface area contributed by atoms with Crippen molar-refractivity contribution in [3.05, 3.63) is 65.7 Å². The Bertz CT molecular complexity index is 861. The van der Waals surface area contributed by atoms with Crippen LogP contribution in [0.4, 0.5) is 0 Å². The molecule has 3 rings (SSSR count). The predicted molar refractivity (Wildman–Crippen MR) is 92.7 cm³/mol. The molecule has 0 unspecified atom stereocenters. The quantitative estimate of drug-likeness (QED) is 0.838. The van der Waals surface area contributed by atoms with Gasteiger partial charge in [0.15, 0.2) is 0 Å². The summed E-state index contributed by atoms with van der Waals surface area (Å²) >= 11 is -2.09. The van der Waals surface area contributed by atoms with Gasteiger partial charge in [-0.05, 0) is 38.5 Å². The Kier molecular flexibility index (Phi) is 4.37. The maximum atomic E-state index is 13.1. The standard InChI is InChI=1S/C17H19NO4S2/c1-13-9-11-15(12-10-13)24(20,21)18-16(14-7-5-4-6-8-14)17(2,3)22-23(18)19/h4-12,16H,1-3H3/t16-,23-/m1/s1. The van der Waals surface area contributed by atoms with Crippen LogP contribution in [0.15, 0.2) is 59.5 Å². The van der Waals surface area contributed by atoms with Crippen LogP contribution < -0.4 is 0 Å². The van der Waals surface area contributed by atoms with Crippen molar-refractivity contribution >= 4 is 21.3 Å². The van der Waals surface area contributed by atoms with Gasteiger partial charge in [-0.1, -0.05) is 51.7 Å². The molecule has 0 radical (unpaired) electrons. The summed E-state index contributed by atoms with van der Waals surface area (Å²) in [5, 5.41) is 0. The molecule has 0 spiro atoms. The molecule has 1 heterocycles. The summed E-state index contributed by atoms with van der Waals surface area (Å²) in [5.41, 5.74) is 0.779. The van der Waals surface area contributed by atoms with E-state index in [4.69, 9.17) is 4.18 Å². The second kappa shape index (κ2) is 6.07. The van der Waals surface area contributed by atoms with Gasteiger partial charge in [-0.15, -0.1) is 0 Å². The van der Waals surface area contributed by atoms with Crippen LogP contribution >= 0.6 is 0 Å². The summed E-state index contributed by atoms with van der Waals surface area (Å²) in [4.78, 5) is 0.101. The Balaban J connectivity index is 2.13. The summed E-state index contributed by atoms with van der Waals surface area (Å²) in [6.45, 7) is 5.36. The van der Waals surface area contributed by atoms with E-state index in [2.05, 4.69) is 0 Å². The Morgan fingerprint density at radius 1 is 1.04 bits per heavy atom. The zero-order valence-electron chi connectivity index (χ0n) is 13.7. The summed E-state index contributed by atoms with van der Waals surface area (Å²) in [5.74, 6) is 0. The number of nitrogens with zero attached hydrogens (tertiary/aromatic N) is 1. The normalized spacial score (nSPS) is 24.1. The highest BCUT2D eigenvalue weighted by Gasteiger charge is 2.53. The zero-order chi connectivity index (χ0) is 17.5. The first-order valence-corrected chi connectivity index (χ1v) is 9.98. The molecule has 1 saturated heterocycles. The van der Waals surface area contributed by atoms with Crippen molar-refractivity contribution in [3.8, 4) is 0 Å². The second-order valence-corrected chi connectivity index (χ2v) is 9.33. The Labute approximate surface area is 145 Å². The average Bonchev–Trinajstić information content (AvgIpc) is 2.78. The minimum atomic E-state index is -3.96. The molecule has 1 aliphatic rings. The van der Waals surface area contributed by atoms with E-state index >= 15 is 0 Å². The van der Waals surface area contributed by atoms with Gasteiger partial charge < -0.3 is 0 Å². The molecule has 0 bridgehead atoms. The van der Waals surface area contributed by atoms with Crippen molar-refractivity contribution in [2.45, 2.75) is 37.3 Å². The van der Waals surface area contributed by atoms with Gasteiger partial charge in [-0.3, -0.25) is 4.18 Å². The summed E-state index contributed by atoms with van der Waals surface area (Å²) in [6.07, 6.45) is 0. The first-order valence-electron chi connectivity index (χ1n) is 7.51. The third-order valence-electron chi connectivity index (χ3n) is 3.97. The summed E-state index contributed by atoms with van der Waals surface area (Å²) in [7, 11) is -3.96. The fourth-order valence-corrected chi connectivity index (χ4v) is 6.21. The van der Waals surface area contributed by atoms with Gasteiger partial charge >= 0.3 is 0 Å². The lowest BCUT2D eigenvalue weighted by atomic mass is 9.93. The van der Waals surface area contributed by atoms with Gasteiger partial charge in [0, 0.05) is 0 Å². The third-order valence-corrected chi connectivity index (χ3v) is 7.56. The molecule has 2 aromatic carbocycles. The molecule has 2 aromatic rings. The van der Waals surface area contributed by atoms with Gasteiger partial charge in [-0.2, -0.15) is 0 Å². The highest BCUT2D eigenvalue weighted by atomic mass is 32.3. The molecule has 0 aliphatic carbocycles. The number of benzene rings is 2. The lowest BCUT2D eigenvalue weighted by Crippen LogP contribution is -2.37. The Morgan fingerprint density at radius 2 is 1.62 bits per heavy atom. The van der Waals surface area contributed by atoms with E-state index in [1.807, 2.05) is 37.3 Å². The lowest BCUT2D eigenvalue weighted by molar-refractivity contribution is 0.114. The van der Waals surface area contributed by atoms with Crippen molar-refractivity contribution in [1.29, 1.82) is 0 Å². The predicted octanol–water partition coefficient (Wildman–Crippen LogP) is 3.11. The minimum Gasteiger partial charge on any atom is -0.269 e. The van der Waals surface area contributed by atoms with Crippen LogP contribution in [-0.2, 0) is 25.5 Å². The third kappa shape index (κ3) is 2.93. The molecule has 1 fully saturated rings. The van der Waals surface area contributed by atoms with Crippen molar-refractivity contribution in [2.24, 2.45) is 0 Å². The largest absolute Gasteiger partial charge is 0.269 e. The van der Waals surface area contributed by atoms with Crippen molar-refractivity contribution in [2.75, 3.05) is 0 Å². The molecule has 1 aliphatic heterocycles. The topological polar surface area (TPSA) is 63.7 Å². The van der Waals surface area contributed by atoms with E-state index < -0.39 is 32.9 Å². The SMILES string of the molecule is Cc1ccc(S(=O)(=O)N2[C@H](c3ccccc3)C(C)(C)O[S@]2=O)cc1. The van der Waals surface area contributed by atoms with Crippen LogP contribution in [0.25, 0.3) is 0 Å². The van der Waals surface area contributed by atoms with Gasteiger partial charge in [0.05, 0.1) is 10.9 Å². The average molecular weight is 365 g/mol. The molecule has 0 N–H and O–H groups in total. The summed E-state index contributed by atoms with van der Waals surface area (Å²) < 4.78 is 45.1. The van der Waals surface area contributed by atoms with Crippen molar-refractivity contribution < 1.29 is 16.8 Å². The minimum absolute atomic E-state index is 0.101. The Hall–Kier alpha value is -1.54. The Morgan fingerprint density at radius 3 is 2.21 bits per heavy atom. The molecular formula is C17H19NO4S2. The van der Waals surface area contributed by atoms with Gasteiger partial charge in [0.2, 0.25) is 0 Å². The lowest BCUT2D eigenvalue weighted by Gasteiger charge is -2.27. The van der Waals surface area contributed by atoms with E-state index in [1.165, 1.54) is 12.1 Å². The van der Waals surface area contributed by atoms with Crippen molar-refractivity contribution in [1.82, 2.24) is 3.71 Å². The van der Waals surface area contributed by atoms with E-state index in [1.54, 1.807) is 26.0 Å². The van der Waals surface area contributed by atoms with E-state index in [9.17, 15) is 12.6 Å². The van der Waals surface area contributed by atoms with Gasteiger partial charge in [-0.25, -0.2) is 12.6 Å². The number of hydrogen-bond donors (Lipinski definition) is 0. The molecule has 7 heteroatoms. The number of hydrogen-bond acceptors (Lipinski definition) is 4. The van der Waals surface area contributed by atoms with Crippen LogP contribution in [0.1, 0.15) is 31.0 Å². The molecule has 5 nitrogen and oxygen atoms in total. The molecular weight excluding hydrogens is 346 g/mol. The van der Waals surface area contributed by atoms with Crippen LogP contribution in [0.3, 0.4) is 0 Å². The highest BCUT2D eigenvalue weighted by molar-refractivity contribution is 7.99. The van der Waals surface area contributed by atoms with Crippen LogP contribution in [0.2, 0.25) is 0 Å². The number of rotatable bonds is 3. The fourth-order valence-electron chi connectivity index (χ4n) is 2.80. The van der Waals surface area contributed by atoms with E-state index in [0.717, 1.165) is 14.8 Å². The maximum Gasteiger partial charge on any atom is 0.256 e. The molecule has 0 amide bonds. The smallest absolute Gasteiger partial charge is 0.256 e. The molecule has 128 valence electrons. The monoisotopic (exact) mass is 365 g/mol. The second-order valence-electron chi connectivity index (χ2n) is 6.29. The maximum absolute atomic E-state index is 13.1. The van der Waals surface area contributed by atoms with Crippen LogP contribution in [0.5, 0.6) is 0 Å². The van der Waals surface area contributed by atoms with Crippen LogP contribution in [0, 0.1) is 6.92 Å². The molecule has 24 heavy (non-hydrogen) atoms. The zero-order valence-corrected chi connectivity index (χ0v) is 15.3. The van der Waals surface area contributed by atoms with E-state index in [-0.39, 0.29) is 4.90 Å². The number of aryl methyl sites for hydroxylation is 1. The highest BCUT2D eigenvalue weighted by Crippen LogP contribution is 2.45. The summed E-state index contributed by atoms with van der Waals surface area (Å²) in [6, 6.07) is 14.9. The first kappa shape index (κ1) is 17.3. The van der Waals surface area contributed by atoms with Crippen molar-refractivity contribution in [3.63, 3.8) is 0 Å². The van der Waals surface area contributed by atoms with Gasteiger partial charge in [0.1, 0.15) is 5.60 Å². The van der Waals surface area contributed by atoms with Gasteiger partial charge in [0.25, 0.3) is 21.3 Å². The molecule has 0 saturated carbocycles.